The van der Waals surface area contributed by atoms with Crippen molar-refractivity contribution in [1.82, 2.24) is 29.4 Å². The Balaban J connectivity index is 1.08. The summed E-state index contributed by atoms with van der Waals surface area (Å²) in [6.45, 7) is 13.8. The Morgan fingerprint density at radius 3 is 1.62 bits per heavy atom. The molecule has 11 atom stereocenters. The van der Waals surface area contributed by atoms with Gasteiger partial charge in [0, 0.05) is 60.3 Å². The van der Waals surface area contributed by atoms with Gasteiger partial charge in [0.05, 0.1) is 27.9 Å². The van der Waals surface area contributed by atoms with E-state index in [2.05, 4.69) is 27.7 Å². The van der Waals surface area contributed by atoms with Crippen LogP contribution in [-0.4, -0.2) is 134 Å². The summed E-state index contributed by atoms with van der Waals surface area (Å²) in [6.07, 6.45) is 5.22. The number of hydrogen-bond acceptors (Lipinski definition) is 6. The average Bonchev–Trinajstić information content (AvgIpc) is 3.79. The quantitative estimate of drug-likeness (QED) is 0.411. The minimum absolute atomic E-state index is 0.00598. The molecule has 2 aliphatic carbocycles. The first kappa shape index (κ1) is 33.2. The molecule has 2 saturated carbocycles. The maximum atomic E-state index is 15.2. The van der Waals surface area contributed by atoms with Crippen molar-refractivity contribution >= 4 is 35.4 Å². The Kier molecular flexibility index (Phi) is 5.58. The molecule has 0 aromatic rings. The molecule has 1 unspecified atom stereocenters. The maximum Gasteiger partial charge on any atom is 0.249 e. The highest BCUT2D eigenvalue weighted by Crippen LogP contribution is 2.77. The zero-order valence-electron chi connectivity index (χ0n) is 32.5. The van der Waals surface area contributed by atoms with Gasteiger partial charge in [-0.2, -0.15) is 0 Å². The van der Waals surface area contributed by atoms with Gasteiger partial charge in [0.25, 0.3) is 0 Å². The van der Waals surface area contributed by atoms with E-state index in [9.17, 15) is 24.0 Å². The highest BCUT2D eigenvalue weighted by Gasteiger charge is 2.84. The molecule has 12 heteroatoms. The molecule has 10 heterocycles. The van der Waals surface area contributed by atoms with Crippen molar-refractivity contribution in [2.24, 2.45) is 45.3 Å². The molecule has 10 aliphatic heterocycles. The standard InChI is InChI=1S/C40H54N6O6/c1-21-11-27(47)45-19-36-17-35(33(3,4)25(36)14-39(21,45)31(51)43(36)9)13-24(42(8)29(35)49)23-16-41(7)30(50)38(23)18-37-20-46-28(48)12-22(2)40(46,32(52)44(37)10)15-26(37)34(38,5)6/h16,21-22,24-26H,11-15,17-20H2,1-10H3/t21-,22-,24?,25-,26-,35-,36-,37-,38+,39-,40+/m0/s1. The Morgan fingerprint density at radius 1 is 0.615 bits per heavy atom. The summed E-state index contributed by atoms with van der Waals surface area (Å²) >= 11 is 0. The summed E-state index contributed by atoms with van der Waals surface area (Å²) in [5.41, 5.74) is -5.09. The van der Waals surface area contributed by atoms with Crippen LogP contribution in [-0.2, 0) is 28.8 Å². The van der Waals surface area contributed by atoms with E-state index in [1.54, 1.807) is 4.90 Å². The van der Waals surface area contributed by atoms with Crippen LogP contribution in [0.25, 0.3) is 0 Å². The second-order valence-electron chi connectivity index (χ2n) is 20.4. The van der Waals surface area contributed by atoms with Gasteiger partial charge in [-0.25, -0.2) is 0 Å². The van der Waals surface area contributed by atoms with Crippen LogP contribution in [0.4, 0.5) is 0 Å². The molecule has 6 spiro atoms. The lowest BCUT2D eigenvalue weighted by Gasteiger charge is -2.64. The van der Waals surface area contributed by atoms with Crippen LogP contribution in [0.15, 0.2) is 11.8 Å². The van der Waals surface area contributed by atoms with Crippen LogP contribution >= 0.6 is 0 Å². The van der Waals surface area contributed by atoms with Gasteiger partial charge in [0.15, 0.2) is 0 Å². The van der Waals surface area contributed by atoms with E-state index >= 15 is 4.79 Å². The molecule has 0 aromatic carbocycles. The number of likely N-dealkylation sites (N-methyl/N-ethyl adjacent to an activating group) is 3. The molecule has 9 saturated heterocycles. The first-order chi connectivity index (χ1) is 24.1. The van der Waals surface area contributed by atoms with E-state index in [4.69, 9.17) is 0 Å². The molecule has 0 N–H and O–H groups in total. The number of fused-ring (bicyclic) bond motifs is 2. The van der Waals surface area contributed by atoms with Gasteiger partial charge in [-0.1, -0.05) is 41.5 Å². The van der Waals surface area contributed by atoms with Gasteiger partial charge in [0.1, 0.15) is 11.1 Å². The molecule has 12 aliphatic rings. The number of hydrogen-bond donors (Lipinski definition) is 0. The molecule has 280 valence electrons. The van der Waals surface area contributed by atoms with Crippen LogP contribution in [0.2, 0.25) is 0 Å². The fourth-order valence-electron chi connectivity index (χ4n) is 16.0. The van der Waals surface area contributed by atoms with E-state index in [0.29, 0.717) is 58.0 Å². The summed E-state index contributed by atoms with van der Waals surface area (Å²) in [6, 6.07) is -0.374. The SMILES string of the molecule is C[C@H]1CC(=O)N2C[C@@]34C[C@@]5(C(=O)N(C)C=C5C5C[C@]6(C[C@]78CN9C(=O)C[C@H](C)[C@@]9(C[C@H]7C6(C)C)C(=O)N8C)C(=O)N5C)C(C)(C)[C@@H]3C[C@]12C(=O)N4C. The second kappa shape index (κ2) is 8.75. The van der Waals surface area contributed by atoms with E-state index in [1.807, 2.05) is 72.7 Å². The van der Waals surface area contributed by atoms with Crippen molar-refractivity contribution in [3.8, 4) is 0 Å². The molecular formula is C40H54N6O6. The van der Waals surface area contributed by atoms with Crippen molar-refractivity contribution in [3.63, 3.8) is 0 Å². The number of nitrogens with zero attached hydrogens (tertiary/aromatic N) is 6. The van der Waals surface area contributed by atoms with Crippen molar-refractivity contribution in [1.29, 1.82) is 0 Å². The highest BCUT2D eigenvalue weighted by molar-refractivity contribution is 6.01. The third-order valence-corrected chi connectivity index (χ3v) is 18.9. The van der Waals surface area contributed by atoms with Crippen LogP contribution in [0, 0.1) is 45.3 Å². The third-order valence-electron chi connectivity index (χ3n) is 18.9. The van der Waals surface area contributed by atoms with Crippen molar-refractivity contribution in [3.05, 3.63) is 11.8 Å². The molecule has 0 aromatic heterocycles. The first-order valence-electron chi connectivity index (χ1n) is 19.5. The van der Waals surface area contributed by atoms with Gasteiger partial charge in [0.2, 0.25) is 35.4 Å². The Labute approximate surface area is 306 Å². The minimum Gasteiger partial charge on any atom is -0.338 e. The zero-order valence-corrected chi connectivity index (χ0v) is 32.5. The summed E-state index contributed by atoms with van der Waals surface area (Å²) in [5, 5.41) is 0. The fraction of sp³-hybridized carbons (Fsp3) is 0.800. The molecule has 12 nitrogen and oxygen atoms in total. The van der Waals surface area contributed by atoms with Gasteiger partial charge < -0.3 is 29.4 Å². The molecule has 0 radical (unpaired) electrons. The Bertz CT molecular complexity index is 1910. The van der Waals surface area contributed by atoms with E-state index in [-0.39, 0.29) is 65.2 Å². The van der Waals surface area contributed by atoms with Crippen LogP contribution < -0.4 is 0 Å². The van der Waals surface area contributed by atoms with Crippen molar-refractivity contribution in [2.75, 3.05) is 41.3 Å². The maximum absolute atomic E-state index is 15.2. The number of carbonyl (C=O) groups is 6. The number of piperazine rings is 2. The number of carbonyl (C=O) groups excluding carboxylic acids is 6. The minimum atomic E-state index is -0.994. The van der Waals surface area contributed by atoms with Gasteiger partial charge >= 0.3 is 0 Å². The lowest BCUT2D eigenvalue weighted by Crippen LogP contribution is -2.80. The molecule has 4 bridgehead atoms. The van der Waals surface area contributed by atoms with Crippen molar-refractivity contribution < 1.29 is 28.8 Å². The van der Waals surface area contributed by atoms with Gasteiger partial charge in [-0.05, 0) is 72.2 Å². The normalized spacial score (nSPS) is 50.5. The highest BCUT2D eigenvalue weighted by atomic mass is 16.2. The molecular weight excluding hydrogens is 660 g/mol. The van der Waals surface area contributed by atoms with Crippen LogP contribution in [0.5, 0.6) is 0 Å². The number of piperidine rings is 4. The molecule has 52 heavy (non-hydrogen) atoms. The van der Waals surface area contributed by atoms with Gasteiger partial charge in [-0.15, -0.1) is 0 Å². The largest absolute Gasteiger partial charge is 0.338 e. The Hall–Kier alpha value is -3.44. The van der Waals surface area contributed by atoms with Crippen LogP contribution in [0.1, 0.15) is 86.5 Å². The predicted octanol–water partition coefficient (Wildman–Crippen LogP) is 2.08. The van der Waals surface area contributed by atoms with Crippen LogP contribution in [0.3, 0.4) is 0 Å². The van der Waals surface area contributed by atoms with Crippen molar-refractivity contribution in [2.45, 2.75) is 115 Å². The smallest absolute Gasteiger partial charge is 0.249 e. The summed E-state index contributed by atoms with van der Waals surface area (Å²) in [4.78, 5) is 97.0. The number of amides is 6. The monoisotopic (exact) mass is 714 g/mol. The predicted molar refractivity (Wildman–Crippen MR) is 187 cm³/mol. The molecule has 6 amide bonds. The third kappa shape index (κ3) is 2.81. The lowest BCUT2D eigenvalue weighted by atomic mass is 9.55. The topological polar surface area (TPSA) is 122 Å². The molecule has 12 rings (SSSR count). The average molecular weight is 715 g/mol. The molecule has 11 fully saturated rings. The second-order valence-corrected chi connectivity index (χ2v) is 20.4. The summed E-state index contributed by atoms with van der Waals surface area (Å²) < 4.78 is 0. The summed E-state index contributed by atoms with van der Waals surface area (Å²) in [5.74, 6) is -0.114. The van der Waals surface area contributed by atoms with Gasteiger partial charge in [-0.3, -0.25) is 28.8 Å². The Morgan fingerprint density at radius 2 is 1.10 bits per heavy atom. The number of rotatable bonds is 1. The first-order valence-corrected chi connectivity index (χ1v) is 19.5. The lowest BCUT2D eigenvalue weighted by molar-refractivity contribution is -0.192. The zero-order chi connectivity index (χ0) is 37.5. The summed E-state index contributed by atoms with van der Waals surface area (Å²) in [7, 11) is 7.47. The fourth-order valence-corrected chi connectivity index (χ4v) is 16.0. The van der Waals surface area contributed by atoms with E-state index in [1.165, 1.54) is 0 Å². The number of likely N-dealkylation sites (tertiary alicyclic amines) is 1. The van der Waals surface area contributed by atoms with E-state index in [0.717, 1.165) is 5.57 Å². The van der Waals surface area contributed by atoms with E-state index < -0.39 is 43.8 Å².